The van der Waals surface area contributed by atoms with Crippen LogP contribution in [0, 0.1) is 0 Å². The lowest BCUT2D eigenvalue weighted by Gasteiger charge is -2.30. The van der Waals surface area contributed by atoms with Gasteiger partial charge in [-0.3, -0.25) is 15.0 Å². The van der Waals surface area contributed by atoms with Crippen molar-refractivity contribution >= 4 is 27.9 Å². The fourth-order valence-corrected chi connectivity index (χ4v) is 4.94. The van der Waals surface area contributed by atoms with E-state index in [-0.39, 0.29) is 23.3 Å². The number of sulfonamides is 1. The second-order valence-electron chi connectivity index (χ2n) is 9.17. The van der Waals surface area contributed by atoms with Crippen molar-refractivity contribution in [2.45, 2.75) is 75.1 Å². The van der Waals surface area contributed by atoms with Crippen LogP contribution in [0.25, 0.3) is 0 Å². The van der Waals surface area contributed by atoms with Gasteiger partial charge in [-0.2, -0.15) is 5.01 Å². The van der Waals surface area contributed by atoms with Crippen LogP contribution in [0.3, 0.4) is 0 Å². The van der Waals surface area contributed by atoms with Gasteiger partial charge in [0.2, 0.25) is 15.9 Å². The molecule has 1 aromatic carbocycles. The summed E-state index contributed by atoms with van der Waals surface area (Å²) in [5.41, 5.74) is 2.29. The van der Waals surface area contributed by atoms with E-state index in [1.165, 1.54) is 12.1 Å². The van der Waals surface area contributed by atoms with Crippen molar-refractivity contribution in [2.24, 2.45) is 0 Å². The summed E-state index contributed by atoms with van der Waals surface area (Å²) in [5.74, 6) is -1.08. The predicted molar refractivity (Wildman–Crippen MR) is 114 cm³/mol. The van der Waals surface area contributed by atoms with Gasteiger partial charge >= 0.3 is 6.03 Å². The Morgan fingerprint density at radius 2 is 1.71 bits per heavy atom. The zero-order valence-electron chi connectivity index (χ0n) is 18.2. The smallest absolute Gasteiger partial charge is 0.322 e. The molecule has 3 N–H and O–H groups in total. The molecule has 170 valence electrons. The first kappa shape index (κ1) is 23.2. The topological polar surface area (TPSA) is 125 Å². The van der Waals surface area contributed by atoms with Gasteiger partial charge in [-0.1, -0.05) is 52.2 Å². The average Bonchev–Trinajstić information content (AvgIpc) is 2.92. The van der Waals surface area contributed by atoms with Crippen LogP contribution in [0.2, 0.25) is 0 Å². The van der Waals surface area contributed by atoms with Crippen molar-refractivity contribution in [1.82, 2.24) is 20.5 Å². The van der Waals surface area contributed by atoms with Crippen molar-refractivity contribution in [3.8, 4) is 0 Å². The molecule has 1 aliphatic heterocycles. The normalized spacial score (nSPS) is 18.9. The van der Waals surface area contributed by atoms with Crippen LogP contribution in [-0.4, -0.2) is 43.4 Å². The number of carbonyl (C=O) groups is 3. The molecule has 31 heavy (non-hydrogen) atoms. The number of imide groups is 1. The minimum Gasteiger partial charge on any atom is -0.322 e. The summed E-state index contributed by atoms with van der Waals surface area (Å²) in [6, 6.07) is 5.93. The molecule has 2 aliphatic rings. The first-order valence-electron chi connectivity index (χ1n) is 10.5. The minimum absolute atomic E-state index is 0.0939. The van der Waals surface area contributed by atoms with E-state index in [9.17, 15) is 22.8 Å². The van der Waals surface area contributed by atoms with Crippen LogP contribution < -0.4 is 15.5 Å². The molecule has 9 nitrogen and oxygen atoms in total. The van der Waals surface area contributed by atoms with Crippen LogP contribution in [0.1, 0.15) is 64.9 Å². The quantitative estimate of drug-likeness (QED) is 0.571. The molecule has 0 radical (unpaired) electrons. The number of benzene rings is 1. The number of nitrogens with one attached hydrogen (secondary N) is 3. The molecule has 0 unspecified atom stereocenters. The van der Waals surface area contributed by atoms with E-state index in [0.29, 0.717) is 17.9 Å². The number of amides is 4. The van der Waals surface area contributed by atoms with Gasteiger partial charge in [0, 0.05) is 13.0 Å². The molecule has 2 fully saturated rings. The maximum absolute atomic E-state index is 12.7. The Morgan fingerprint density at radius 1 is 1.10 bits per heavy atom. The van der Waals surface area contributed by atoms with Crippen LogP contribution >= 0.6 is 0 Å². The van der Waals surface area contributed by atoms with Crippen molar-refractivity contribution in [3.63, 3.8) is 0 Å². The second-order valence-corrected chi connectivity index (χ2v) is 10.9. The standard InChI is InChI=1S/C21H30N4O5S/c1-20(2,3)15-7-9-16(10-8-15)31(29,30)22-14-11-17(26)24-25-18(27)21(23-19(25)28)12-5-4-6-13-21/h7-10,22H,4-6,11-14H2,1-3H3,(H,23,28)(H,24,26). The minimum atomic E-state index is -3.78. The molecule has 1 heterocycles. The van der Waals surface area contributed by atoms with E-state index in [4.69, 9.17) is 0 Å². The van der Waals surface area contributed by atoms with Crippen LogP contribution in [0.5, 0.6) is 0 Å². The van der Waals surface area contributed by atoms with Gasteiger partial charge < -0.3 is 5.32 Å². The highest BCUT2D eigenvalue weighted by Crippen LogP contribution is 2.33. The van der Waals surface area contributed by atoms with Crippen molar-refractivity contribution < 1.29 is 22.8 Å². The van der Waals surface area contributed by atoms with E-state index in [1.807, 2.05) is 20.8 Å². The van der Waals surface area contributed by atoms with Gasteiger partial charge in [0.1, 0.15) is 5.54 Å². The van der Waals surface area contributed by atoms with Gasteiger partial charge in [0.25, 0.3) is 5.91 Å². The molecule has 10 heteroatoms. The molecule has 1 aliphatic carbocycles. The third kappa shape index (κ3) is 5.07. The molecule has 4 amide bonds. The van der Waals surface area contributed by atoms with Crippen molar-refractivity contribution in [3.05, 3.63) is 29.8 Å². The van der Waals surface area contributed by atoms with Crippen molar-refractivity contribution in [1.29, 1.82) is 0 Å². The molecule has 3 rings (SSSR count). The van der Waals surface area contributed by atoms with Crippen LogP contribution in [-0.2, 0) is 25.0 Å². The molecule has 0 aromatic heterocycles. The second kappa shape index (κ2) is 8.58. The van der Waals surface area contributed by atoms with Crippen LogP contribution in [0.15, 0.2) is 29.2 Å². The maximum Gasteiger partial charge on any atom is 0.344 e. The third-order valence-corrected chi connectivity index (χ3v) is 7.26. The zero-order chi connectivity index (χ0) is 22.9. The molecule has 1 saturated carbocycles. The SMILES string of the molecule is CC(C)(C)c1ccc(S(=O)(=O)NCCC(=O)NN2C(=O)NC3(CCCCC3)C2=O)cc1. The number of hydrazine groups is 1. The molecule has 1 spiro atoms. The lowest BCUT2D eigenvalue weighted by Crippen LogP contribution is -2.51. The number of carbonyl (C=O) groups excluding carboxylic acids is 3. The Kier molecular flexibility index (Phi) is 6.43. The summed E-state index contributed by atoms with van der Waals surface area (Å²) in [6.45, 7) is 5.95. The molecular formula is C21H30N4O5S. The summed E-state index contributed by atoms with van der Waals surface area (Å²) in [7, 11) is -3.78. The fourth-order valence-electron chi connectivity index (χ4n) is 3.91. The summed E-state index contributed by atoms with van der Waals surface area (Å²) < 4.78 is 27.3. The lowest BCUT2D eigenvalue weighted by molar-refractivity contribution is -0.139. The molecule has 1 saturated heterocycles. The number of urea groups is 1. The predicted octanol–water partition coefficient (Wildman–Crippen LogP) is 1.94. The number of rotatable bonds is 6. The number of nitrogens with zero attached hydrogens (tertiary/aromatic N) is 1. The zero-order valence-corrected chi connectivity index (χ0v) is 19.0. The molecular weight excluding hydrogens is 420 g/mol. The largest absolute Gasteiger partial charge is 0.344 e. The van der Waals surface area contributed by atoms with E-state index in [1.54, 1.807) is 12.1 Å². The van der Waals surface area contributed by atoms with E-state index >= 15 is 0 Å². The summed E-state index contributed by atoms with van der Waals surface area (Å²) in [5, 5.41) is 3.42. The maximum atomic E-state index is 12.7. The number of hydrogen-bond donors (Lipinski definition) is 3. The Labute approximate surface area is 183 Å². The Bertz CT molecular complexity index is 960. The monoisotopic (exact) mass is 450 g/mol. The van der Waals surface area contributed by atoms with Gasteiger partial charge in [0.15, 0.2) is 0 Å². The summed E-state index contributed by atoms with van der Waals surface area (Å²) in [6.07, 6.45) is 3.58. The Morgan fingerprint density at radius 3 is 2.29 bits per heavy atom. The lowest BCUT2D eigenvalue weighted by atomic mass is 9.82. The van der Waals surface area contributed by atoms with Gasteiger partial charge in [-0.25, -0.2) is 17.9 Å². The highest BCUT2D eigenvalue weighted by atomic mass is 32.2. The van der Waals surface area contributed by atoms with Crippen LogP contribution in [0.4, 0.5) is 4.79 Å². The highest BCUT2D eigenvalue weighted by molar-refractivity contribution is 7.89. The van der Waals surface area contributed by atoms with Gasteiger partial charge in [0.05, 0.1) is 4.90 Å². The summed E-state index contributed by atoms with van der Waals surface area (Å²) in [4.78, 5) is 37.2. The third-order valence-electron chi connectivity index (χ3n) is 5.78. The molecule has 0 bridgehead atoms. The first-order chi connectivity index (χ1) is 14.4. The average molecular weight is 451 g/mol. The molecule has 1 aromatic rings. The van der Waals surface area contributed by atoms with E-state index in [0.717, 1.165) is 24.8 Å². The Balaban J connectivity index is 1.53. The number of hydrogen-bond acceptors (Lipinski definition) is 5. The van der Waals surface area contributed by atoms with Gasteiger partial charge in [-0.05, 0) is 36.0 Å². The van der Waals surface area contributed by atoms with Crippen molar-refractivity contribution in [2.75, 3.05) is 6.54 Å². The summed E-state index contributed by atoms with van der Waals surface area (Å²) >= 11 is 0. The molecule has 0 atom stereocenters. The highest BCUT2D eigenvalue weighted by Gasteiger charge is 2.52. The van der Waals surface area contributed by atoms with E-state index < -0.39 is 33.4 Å². The first-order valence-corrected chi connectivity index (χ1v) is 12.0. The fraction of sp³-hybridized carbons (Fsp3) is 0.571. The van der Waals surface area contributed by atoms with Gasteiger partial charge in [-0.15, -0.1) is 0 Å². The van der Waals surface area contributed by atoms with E-state index in [2.05, 4.69) is 15.5 Å². The Hall–Kier alpha value is -2.46.